The summed E-state index contributed by atoms with van der Waals surface area (Å²) < 4.78 is 6.63. The van der Waals surface area contributed by atoms with E-state index in [0.717, 1.165) is 21.5 Å². The van der Waals surface area contributed by atoms with E-state index < -0.39 is 0 Å². The van der Waals surface area contributed by atoms with Crippen molar-refractivity contribution in [3.05, 3.63) is 58.3 Å². The smallest absolute Gasteiger partial charge is 0.120 e. The van der Waals surface area contributed by atoms with E-state index in [0.29, 0.717) is 0 Å². The van der Waals surface area contributed by atoms with Crippen LogP contribution in [0.25, 0.3) is 0 Å². The number of hydrazine groups is 1. The highest BCUT2D eigenvalue weighted by molar-refractivity contribution is 9.10. The third kappa shape index (κ3) is 3.56. The molecule has 0 spiro atoms. The molecule has 2 rings (SSSR count). The number of pyridine rings is 1. The van der Waals surface area contributed by atoms with Crippen LogP contribution in [0.5, 0.6) is 5.75 Å². The second-order valence-corrected chi connectivity index (χ2v) is 5.56. The molecule has 2 aromatic rings. The first-order chi connectivity index (χ1) is 9.61. The summed E-state index contributed by atoms with van der Waals surface area (Å²) in [5.74, 6) is 6.53. The lowest BCUT2D eigenvalue weighted by molar-refractivity contribution is 0.242. The van der Waals surface area contributed by atoms with Crippen molar-refractivity contribution in [2.45, 2.75) is 26.0 Å². The summed E-state index contributed by atoms with van der Waals surface area (Å²) in [6.45, 7) is 4.00. The van der Waals surface area contributed by atoms with Crippen LogP contribution in [0.2, 0.25) is 0 Å². The molecule has 1 aromatic carbocycles. The van der Waals surface area contributed by atoms with E-state index in [9.17, 15) is 0 Å². The zero-order valence-corrected chi connectivity index (χ0v) is 13.1. The Morgan fingerprint density at radius 3 is 2.70 bits per heavy atom. The molecule has 5 heteroatoms. The summed E-state index contributed by atoms with van der Waals surface area (Å²) in [7, 11) is 0. The lowest BCUT2D eigenvalue weighted by Crippen LogP contribution is -2.29. The van der Waals surface area contributed by atoms with Crippen molar-refractivity contribution in [3.63, 3.8) is 0 Å². The van der Waals surface area contributed by atoms with Crippen molar-refractivity contribution in [1.82, 2.24) is 10.4 Å². The van der Waals surface area contributed by atoms with Gasteiger partial charge >= 0.3 is 0 Å². The molecule has 1 aromatic heterocycles. The Hall–Kier alpha value is -1.43. The first-order valence-corrected chi connectivity index (χ1v) is 7.24. The van der Waals surface area contributed by atoms with Gasteiger partial charge in [-0.05, 0) is 59.6 Å². The molecule has 20 heavy (non-hydrogen) atoms. The highest BCUT2D eigenvalue weighted by atomic mass is 79.9. The molecule has 0 aliphatic rings. The van der Waals surface area contributed by atoms with Gasteiger partial charge in [0, 0.05) is 10.7 Å². The average Bonchev–Trinajstić information content (AvgIpc) is 2.41. The van der Waals surface area contributed by atoms with Gasteiger partial charge in [-0.1, -0.05) is 12.1 Å². The fraction of sp³-hybridized carbons (Fsp3) is 0.267. The number of nitrogens with two attached hydrogens (primary N) is 1. The van der Waals surface area contributed by atoms with Crippen molar-refractivity contribution in [2.75, 3.05) is 0 Å². The van der Waals surface area contributed by atoms with Gasteiger partial charge in [0.15, 0.2) is 0 Å². The quantitative estimate of drug-likeness (QED) is 0.650. The molecule has 0 aliphatic heterocycles. The Labute approximate surface area is 127 Å². The van der Waals surface area contributed by atoms with E-state index in [1.54, 1.807) is 6.20 Å². The third-order valence-corrected chi connectivity index (χ3v) is 3.46. The zero-order chi connectivity index (χ0) is 14.5. The minimum absolute atomic E-state index is 0.135. The highest BCUT2D eigenvalue weighted by Crippen LogP contribution is 2.28. The number of rotatable bonds is 5. The van der Waals surface area contributed by atoms with Gasteiger partial charge in [0.2, 0.25) is 0 Å². The summed E-state index contributed by atoms with van der Waals surface area (Å²) in [6.07, 6.45) is 1.88. The third-order valence-electron chi connectivity index (χ3n) is 2.79. The Bertz CT molecular complexity index is 575. The Morgan fingerprint density at radius 1 is 1.25 bits per heavy atom. The summed E-state index contributed by atoms with van der Waals surface area (Å²) in [4.78, 5) is 4.39. The van der Waals surface area contributed by atoms with Gasteiger partial charge in [-0.3, -0.25) is 10.8 Å². The maximum absolute atomic E-state index is 5.71. The largest absolute Gasteiger partial charge is 0.491 e. The number of aromatic nitrogens is 1. The maximum atomic E-state index is 5.71. The number of ether oxygens (including phenoxy) is 1. The topological polar surface area (TPSA) is 60.2 Å². The fourth-order valence-corrected chi connectivity index (χ4v) is 2.47. The molecule has 1 atom stereocenters. The van der Waals surface area contributed by atoms with Crippen LogP contribution in [0.4, 0.5) is 0 Å². The molecule has 1 heterocycles. The van der Waals surface area contributed by atoms with E-state index in [2.05, 4.69) is 26.3 Å². The molecule has 3 N–H and O–H groups in total. The van der Waals surface area contributed by atoms with Gasteiger partial charge in [-0.25, -0.2) is 5.43 Å². The van der Waals surface area contributed by atoms with Gasteiger partial charge < -0.3 is 4.74 Å². The standard InChI is InChI=1S/C15H18BrN3O/c1-10(2)20-12-6-3-5-11(9-12)14(19-17)15-13(16)7-4-8-18-15/h3-10,14,19H,17H2,1-2H3. The molecule has 106 valence electrons. The highest BCUT2D eigenvalue weighted by Gasteiger charge is 2.17. The number of nitrogens with zero attached hydrogens (tertiary/aromatic N) is 1. The monoisotopic (exact) mass is 335 g/mol. The number of nitrogens with one attached hydrogen (secondary N) is 1. The molecule has 0 radical (unpaired) electrons. The van der Waals surface area contributed by atoms with Crippen LogP contribution < -0.4 is 16.0 Å². The second-order valence-electron chi connectivity index (χ2n) is 4.71. The lowest BCUT2D eigenvalue weighted by Gasteiger charge is -2.18. The van der Waals surface area contributed by atoms with E-state index >= 15 is 0 Å². The molecule has 4 nitrogen and oxygen atoms in total. The Balaban J connectivity index is 2.35. The van der Waals surface area contributed by atoms with E-state index in [1.807, 2.05) is 50.2 Å². The predicted octanol–water partition coefficient (Wildman–Crippen LogP) is 3.18. The maximum Gasteiger partial charge on any atom is 0.120 e. The molecular formula is C15H18BrN3O. The summed E-state index contributed by atoms with van der Waals surface area (Å²) in [6, 6.07) is 11.5. The zero-order valence-electron chi connectivity index (χ0n) is 11.5. The second kappa shape index (κ2) is 6.83. The number of hydrogen-bond acceptors (Lipinski definition) is 4. The number of halogens is 1. The summed E-state index contributed by atoms with van der Waals surface area (Å²) >= 11 is 3.50. The van der Waals surface area contributed by atoms with Crippen LogP contribution >= 0.6 is 15.9 Å². The van der Waals surface area contributed by atoms with Crippen molar-refractivity contribution in [3.8, 4) is 5.75 Å². The van der Waals surface area contributed by atoms with Crippen molar-refractivity contribution in [1.29, 1.82) is 0 Å². The lowest BCUT2D eigenvalue weighted by atomic mass is 10.0. The van der Waals surface area contributed by atoms with E-state index in [4.69, 9.17) is 10.6 Å². The molecule has 0 fully saturated rings. The first-order valence-electron chi connectivity index (χ1n) is 6.45. The molecular weight excluding hydrogens is 318 g/mol. The van der Waals surface area contributed by atoms with Crippen molar-refractivity contribution >= 4 is 15.9 Å². The Morgan fingerprint density at radius 2 is 2.05 bits per heavy atom. The first kappa shape index (κ1) is 15.0. The van der Waals surface area contributed by atoms with Gasteiger partial charge in [-0.15, -0.1) is 0 Å². The van der Waals surface area contributed by atoms with Gasteiger partial charge in [0.1, 0.15) is 5.75 Å². The molecule has 0 aliphatic carbocycles. The van der Waals surface area contributed by atoms with Crippen molar-refractivity contribution in [2.24, 2.45) is 5.84 Å². The SMILES string of the molecule is CC(C)Oc1cccc(C(NN)c2ncccc2Br)c1. The van der Waals surface area contributed by atoms with E-state index in [-0.39, 0.29) is 12.1 Å². The minimum Gasteiger partial charge on any atom is -0.491 e. The molecule has 0 saturated heterocycles. The van der Waals surface area contributed by atoms with Crippen LogP contribution in [0.3, 0.4) is 0 Å². The van der Waals surface area contributed by atoms with Crippen LogP contribution in [-0.2, 0) is 0 Å². The normalized spacial score (nSPS) is 12.4. The molecule has 1 unspecified atom stereocenters. The summed E-state index contributed by atoms with van der Waals surface area (Å²) in [5, 5.41) is 0. The van der Waals surface area contributed by atoms with Crippen LogP contribution in [0.1, 0.15) is 31.1 Å². The molecule has 0 saturated carbocycles. The van der Waals surface area contributed by atoms with Crippen molar-refractivity contribution < 1.29 is 4.74 Å². The van der Waals surface area contributed by atoms with Crippen LogP contribution in [0, 0.1) is 0 Å². The van der Waals surface area contributed by atoms with Crippen LogP contribution in [0.15, 0.2) is 47.1 Å². The summed E-state index contributed by atoms with van der Waals surface area (Å²) in [5.41, 5.74) is 4.66. The minimum atomic E-state index is -0.193. The van der Waals surface area contributed by atoms with Crippen LogP contribution in [-0.4, -0.2) is 11.1 Å². The van der Waals surface area contributed by atoms with Gasteiger partial charge in [0.25, 0.3) is 0 Å². The van der Waals surface area contributed by atoms with E-state index in [1.165, 1.54) is 0 Å². The number of benzene rings is 1. The molecule has 0 amide bonds. The average molecular weight is 336 g/mol. The Kier molecular flexibility index (Phi) is 5.11. The van der Waals surface area contributed by atoms with Gasteiger partial charge in [-0.2, -0.15) is 0 Å². The number of hydrogen-bond donors (Lipinski definition) is 2. The predicted molar refractivity (Wildman–Crippen MR) is 83.3 cm³/mol. The fourth-order valence-electron chi connectivity index (χ4n) is 1.98. The van der Waals surface area contributed by atoms with Gasteiger partial charge in [0.05, 0.1) is 17.8 Å². The molecule has 0 bridgehead atoms.